The van der Waals surface area contributed by atoms with E-state index in [0.717, 1.165) is 18.4 Å². The molecule has 0 spiro atoms. The second-order valence-corrected chi connectivity index (χ2v) is 17.8. The fourth-order valence-corrected chi connectivity index (χ4v) is 6.66. The number of carbonyl (C=O) groups excluding carboxylic acids is 4. The molecule has 7 N–H and O–H groups in total. The molecule has 2 rings (SSSR count). The average molecular weight is 1070 g/mol. The summed E-state index contributed by atoms with van der Waals surface area (Å²) in [7, 11) is 0. The van der Waals surface area contributed by atoms with Gasteiger partial charge in [0.2, 0.25) is 17.7 Å². The summed E-state index contributed by atoms with van der Waals surface area (Å²) < 4.78 is 71.2. The molecule has 0 fully saturated rings. The van der Waals surface area contributed by atoms with Crippen molar-refractivity contribution in [2.75, 3.05) is 185 Å². The highest BCUT2D eigenvalue weighted by Gasteiger charge is 2.21. The van der Waals surface area contributed by atoms with Crippen LogP contribution in [0.15, 0.2) is 30.5 Å². The van der Waals surface area contributed by atoms with Crippen molar-refractivity contribution in [3.8, 4) is 0 Å². The molecule has 432 valence electrons. The highest BCUT2D eigenvalue weighted by atomic mass is 16.6. The summed E-state index contributed by atoms with van der Waals surface area (Å²) in [6.45, 7) is 16.7. The van der Waals surface area contributed by atoms with E-state index in [4.69, 9.17) is 67.3 Å². The van der Waals surface area contributed by atoms with E-state index in [2.05, 4.69) is 32.3 Å². The number of rotatable bonds is 52. The van der Waals surface area contributed by atoms with Crippen LogP contribution in [-0.4, -0.2) is 225 Å². The molecule has 0 aliphatic rings. The van der Waals surface area contributed by atoms with Crippen LogP contribution >= 0.6 is 0 Å². The molecule has 1 aromatic carbocycles. The maximum absolute atomic E-state index is 13.1. The summed E-state index contributed by atoms with van der Waals surface area (Å²) in [6.07, 6.45) is 5.15. The standard InChI is InChI=1S/C52H92N6O17/c1-52(2,3)75-51(62)56-16-7-6-12-47(58-49(60)14-19-63-23-27-67-31-35-71-37-39-73-41-42-74-40-38-72-36-32-68-28-24-64-20-15-53)50(61)55-18-22-66-26-30-70-34-33-69-29-25-65-21-17-54-48(59)13-8-9-44-43-57-46-11-5-4-10-45(44)46/h4-5,10-11,43,47,57H,6-9,12-42,53H2,1-3H3,(H,54,59)(H,55,61)(H,56,62)(H,58,60)/t47-/m1/s1. The minimum Gasteiger partial charge on any atom is -0.444 e. The van der Waals surface area contributed by atoms with Gasteiger partial charge in [0.25, 0.3) is 0 Å². The Bertz CT molecular complexity index is 1700. The van der Waals surface area contributed by atoms with Gasteiger partial charge in [-0.1, -0.05) is 18.2 Å². The molecule has 75 heavy (non-hydrogen) atoms. The summed E-state index contributed by atoms with van der Waals surface area (Å²) in [6, 6.07) is 7.37. The third kappa shape index (κ3) is 40.8. The van der Waals surface area contributed by atoms with Crippen LogP contribution in [0.1, 0.15) is 64.9 Å². The van der Waals surface area contributed by atoms with Crippen molar-refractivity contribution in [1.29, 1.82) is 0 Å². The fourth-order valence-electron chi connectivity index (χ4n) is 6.66. The Morgan fingerprint density at radius 1 is 0.507 bits per heavy atom. The smallest absolute Gasteiger partial charge is 0.407 e. The zero-order valence-corrected chi connectivity index (χ0v) is 45.2. The summed E-state index contributed by atoms with van der Waals surface area (Å²) in [4.78, 5) is 53.4. The van der Waals surface area contributed by atoms with Crippen LogP contribution in [0.4, 0.5) is 4.79 Å². The SMILES string of the molecule is CC(C)(C)OC(=O)NCCCC[C@@H](NC(=O)CCOCCOCCOCCOCCOCCOCCOCCOCCN)C(=O)NCCOCCOCCOCCOCCNC(=O)CCCc1c[nH]c2ccccc12. The van der Waals surface area contributed by atoms with Gasteiger partial charge in [-0.3, -0.25) is 14.4 Å². The Balaban J connectivity index is 1.44. The van der Waals surface area contributed by atoms with E-state index in [9.17, 15) is 19.2 Å². The molecule has 0 bridgehead atoms. The number of fused-ring (bicyclic) bond motifs is 1. The summed E-state index contributed by atoms with van der Waals surface area (Å²) in [5, 5.41) is 12.5. The molecule has 4 amide bonds. The number of hydrogen-bond donors (Lipinski definition) is 6. The van der Waals surface area contributed by atoms with Crippen molar-refractivity contribution in [3.63, 3.8) is 0 Å². The number of carbonyl (C=O) groups is 4. The lowest BCUT2D eigenvalue weighted by Crippen LogP contribution is -2.47. The molecule has 1 aromatic heterocycles. The minimum absolute atomic E-state index is 0.0126. The van der Waals surface area contributed by atoms with Crippen LogP contribution in [0.25, 0.3) is 10.9 Å². The van der Waals surface area contributed by atoms with Gasteiger partial charge in [0.15, 0.2) is 0 Å². The Kier molecular flexibility index (Phi) is 42.1. The van der Waals surface area contributed by atoms with Crippen LogP contribution in [0.3, 0.4) is 0 Å². The second-order valence-electron chi connectivity index (χ2n) is 17.8. The van der Waals surface area contributed by atoms with Gasteiger partial charge in [0.05, 0.1) is 159 Å². The lowest BCUT2D eigenvalue weighted by atomic mass is 10.1. The predicted molar refractivity (Wildman–Crippen MR) is 281 cm³/mol. The van der Waals surface area contributed by atoms with Gasteiger partial charge in [0, 0.05) is 56.1 Å². The van der Waals surface area contributed by atoms with Gasteiger partial charge < -0.3 is 93.6 Å². The summed E-state index contributed by atoms with van der Waals surface area (Å²) >= 11 is 0. The second kappa shape index (κ2) is 47.2. The first-order valence-electron chi connectivity index (χ1n) is 26.6. The molecule has 0 saturated carbocycles. The quantitative estimate of drug-likeness (QED) is 0.0519. The zero-order valence-electron chi connectivity index (χ0n) is 45.2. The highest BCUT2D eigenvalue weighted by Crippen LogP contribution is 2.19. The van der Waals surface area contributed by atoms with Gasteiger partial charge in [-0.15, -0.1) is 0 Å². The van der Waals surface area contributed by atoms with E-state index in [-0.39, 0.29) is 43.9 Å². The summed E-state index contributed by atoms with van der Waals surface area (Å²) in [5.41, 5.74) is 7.07. The molecule has 0 aliphatic heterocycles. The van der Waals surface area contributed by atoms with Gasteiger partial charge in [0.1, 0.15) is 11.6 Å². The molecule has 23 heteroatoms. The number of para-hydroxylation sites is 1. The van der Waals surface area contributed by atoms with E-state index in [0.29, 0.717) is 191 Å². The van der Waals surface area contributed by atoms with Crippen molar-refractivity contribution in [1.82, 2.24) is 26.3 Å². The Morgan fingerprint density at radius 2 is 0.960 bits per heavy atom. The van der Waals surface area contributed by atoms with Crippen molar-refractivity contribution in [3.05, 3.63) is 36.0 Å². The van der Waals surface area contributed by atoms with E-state index < -0.39 is 17.7 Å². The number of benzene rings is 1. The van der Waals surface area contributed by atoms with Crippen molar-refractivity contribution in [2.24, 2.45) is 5.73 Å². The van der Waals surface area contributed by atoms with Crippen molar-refractivity contribution in [2.45, 2.75) is 77.4 Å². The number of aromatic amines is 1. The number of aryl methyl sites for hydroxylation is 1. The van der Waals surface area contributed by atoms with Crippen LogP contribution < -0.4 is 27.0 Å². The number of nitrogens with one attached hydrogen (secondary N) is 5. The van der Waals surface area contributed by atoms with Crippen molar-refractivity contribution >= 4 is 34.7 Å². The topological polar surface area (TPSA) is 278 Å². The molecule has 1 heterocycles. The lowest BCUT2D eigenvalue weighted by molar-refractivity contribution is -0.130. The van der Waals surface area contributed by atoms with E-state index >= 15 is 0 Å². The molecule has 1 atom stereocenters. The Hall–Kier alpha value is -4.08. The Labute approximate surface area is 444 Å². The average Bonchev–Trinajstić information content (AvgIpc) is 3.80. The van der Waals surface area contributed by atoms with Crippen molar-refractivity contribution < 1.29 is 80.8 Å². The molecule has 2 aromatic rings. The largest absolute Gasteiger partial charge is 0.444 e. The third-order valence-corrected chi connectivity index (χ3v) is 10.3. The van der Waals surface area contributed by atoms with Gasteiger partial charge in [-0.05, 0) is 64.5 Å². The van der Waals surface area contributed by atoms with Gasteiger partial charge >= 0.3 is 6.09 Å². The van der Waals surface area contributed by atoms with Crippen LogP contribution in [0, 0.1) is 0 Å². The number of hydrogen-bond acceptors (Lipinski definition) is 18. The summed E-state index contributed by atoms with van der Waals surface area (Å²) in [5.74, 6) is -0.650. The molecule has 0 saturated heterocycles. The predicted octanol–water partition coefficient (Wildman–Crippen LogP) is 2.45. The number of unbranched alkanes of at least 4 members (excludes halogenated alkanes) is 1. The molecule has 0 radical (unpaired) electrons. The zero-order chi connectivity index (χ0) is 54.1. The number of nitrogens with two attached hydrogens (primary N) is 1. The first-order chi connectivity index (χ1) is 36.6. The van der Waals surface area contributed by atoms with Crippen LogP contribution in [0.5, 0.6) is 0 Å². The third-order valence-electron chi connectivity index (χ3n) is 10.3. The van der Waals surface area contributed by atoms with E-state index in [1.165, 1.54) is 10.9 Å². The lowest BCUT2D eigenvalue weighted by Gasteiger charge is -2.20. The normalized spacial score (nSPS) is 12.0. The maximum Gasteiger partial charge on any atom is 0.407 e. The molecular weight excluding hydrogens is 981 g/mol. The highest BCUT2D eigenvalue weighted by molar-refractivity contribution is 5.87. The van der Waals surface area contributed by atoms with Crippen LogP contribution in [-0.2, 0) is 82.4 Å². The Morgan fingerprint density at radius 3 is 1.45 bits per heavy atom. The number of H-pyrrole nitrogens is 1. The molecular formula is C52H92N6O17. The number of aromatic nitrogens is 1. The minimum atomic E-state index is -0.784. The first-order valence-corrected chi connectivity index (χ1v) is 26.6. The number of alkyl carbamates (subject to hydrolysis) is 1. The van der Waals surface area contributed by atoms with Gasteiger partial charge in [-0.2, -0.15) is 0 Å². The van der Waals surface area contributed by atoms with Crippen LogP contribution in [0.2, 0.25) is 0 Å². The molecule has 0 aliphatic carbocycles. The molecule has 23 nitrogen and oxygen atoms in total. The monoisotopic (exact) mass is 1070 g/mol. The number of amides is 4. The van der Waals surface area contributed by atoms with E-state index in [1.54, 1.807) is 20.8 Å². The number of ether oxygens (including phenoxy) is 13. The maximum atomic E-state index is 13.1. The van der Waals surface area contributed by atoms with Gasteiger partial charge in [-0.25, -0.2) is 4.79 Å². The fraction of sp³-hybridized carbons (Fsp3) is 0.769. The van der Waals surface area contributed by atoms with E-state index in [1.807, 2.05) is 24.4 Å². The molecule has 0 unspecified atom stereocenters. The first kappa shape index (κ1) is 67.0.